The van der Waals surface area contributed by atoms with E-state index in [4.69, 9.17) is 10.5 Å². The van der Waals surface area contributed by atoms with Gasteiger partial charge in [0.05, 0.1) is 23.6 Å². The number of para-hydroxylation sites is 2. The number of thioether (sulfide) groups is 1. The minimum Gasteiger partial charge on any atom is -0.492 e. The molecule has 0 bridgehead atoms. The van der Waals surface area contributed by atoms with E-state index in [-0.39, 0.29) is 11.7 Å². The fraction of sp³-hybridized carbons (Fsp3) is 0.176. The molecule has 1 aromatic carbocycles. The van der Waals surface area contributed by atoms with Crippen LogP contribution in [0.2, 0.25) is 0 Å². The molecule has 0 aliphatic rings. The molecule has 11 heteroatoms. The Hall–Kier alpha value is -2.63. The van der Waals surface area contributed by atoms with E-state index >= 15 is 0 Å². The van der Waals surface area contributed by atoms with Gasteiger partial charge in [-0.1, -0.05) is 35.2 Å². The first-order chi connectivity index (χ1) is 13.6. The number of hydrogen-bond donors (Lipinski definition) is 3. The van der Waals surface area contributed by atoms with Crippen LogP contribution in [0.4, 0.5) is 15.8 Å². The maximum absolute atomic E-state index is 12.1. The van der Waals surface area contributed by atoms with Crippen molar-refractivity contribution in [2.75, 3.05) is 23.0 Å². The zero-order chi connectivity index (χ0) is 19.9. The lowest BCUT2D eigenvalue weighted by molar-refractivity contribution is -0.113. The molecule has 0 unspecified atom stereocenters. The summed E-state index contributed by atoms with van der Waals surface area (Å²) in [4.78, 5) is 23.4. The van der Waals surface area contributed by atoms with E-state index in [2.05, 4.69) is 20.8 Å². The third kappa shape index (κ3) is 5.21. The minimum absolute atomic E-state index is 0.139. The third-order valence-corrected chi connectivity index (χ3v) is 6.15. The lowest BCUT2D eigenvalue weighted by Crippen LogP contribution is -2.17. The normalized spacial score (nSPS) is 10.5. The molecular formula is C17H17N5O3S3. The molecule has 3 aromatic rings. The van der Waals surface area contributed by atoms with Crippen molar-refractivity contribution < 1.29 is 14.3 Å². The molecule has 0 spiro atoms. The smallest absolute Gasteiger partial charge is 0.251 e. The average Bonchev–Trinajstić information content (AvgIpc) is 3.31. The molecule has 2 heterocycles. The predicted octanol–water partition coefficient (Wildman–Crippen LogP) is 3.57. The number of carbonyl (C=O) groups excluding carboxylic acids is 2. The largest absolute Gasteiger partial charge is 0.492 e. The first kappa shape index (κ1) is 20.1. The molecule has 0 aliphatic carbocycles. The molecule has 0 atom stereocenters. The van der Waals surface area contributed by atoms with Gasteiger partial charge in [0.15, 0.2) is 4.34 Å². The quantitative estimate of drug-likeness (QED) is 0.440. The van der Waals surface area contributed by atoms with Crippen molar-refractivity contribution >= 4 is 62.1 Å². The molecule has 3 rings (SSSR count). The summed E-state index contributed by atoms with van der Waals surface area (Å²) in [6.45, 7) is 2.48. The Kier molecular flexibility index (Phi) is 6.85. The molecule has 2 aromatic heterocycles. The fourth-order valence-electron chi connectivity index (χ4n) is 2.18. The second-order valence-electron chi connectivity index (χ2n) is 5.29. The topological polar surface area (TPSA) is 119 Å². The van der Waals surface area contributed by atoms with Crippen molar-refractivity contribution in [1.82, 2.24) is 10.2 Å². The summed E-state index contributed by atoms with van der Waals surface area (Å²) in [5.74, 6) is 0.0491. The molecule has 146 valence electrons. The number of nitrogens with two attached hydrogens (primary N) is 1. The first-order valence-corrected chi connectivity index (χ1v) is 10.9. The highest BCUT2D eigenvalue weighted by Gasteiger charge is 2.14. The number of nitrogens with one attached hydrogen (secondary N) is 2. The third-order valence-electron chi connectivity index (χ3n) is 3.35. The van der Waals surface area contributed by atoms with E-state index in [0.29, 0.717) is 26.6 Å². The number of rotatable bonds is 9. The van der Waals surface area contributed by atoms with Gasteiger partial charge >= 0.3 is 0 Å². The van der Waals surface area contributed by atoms with E-state index in [1.54, 1.807) is 11.4 Å². The van der Waals surface area contributed by atoms with Crippen LogP contribution in [0.5, 0.6) is 5.75 Å². The van der Waals surface area contributed by atoms with Crippen LogP contribution in [0, 0.1) is 0 Å². The van der Waals surface area contributed by atoms with Gasteiger partial charge in [-0.3, -0.25) is 9.59 Å². The zero-order valence-corrected chi connectivity index (χ0v) is 17.2. The van der Waals surface area contributed by atoms with Gasteiger partial charge in [-0.05, 0) is 30.5 Å². The summed E-state index contributed by atoms with van der Waals surface area (Å²) >= 11 is 3.84. The Balaban J connectivity index is 1.55. The van der Waals surface area contributed by atoms with E-state index < -0.39 is 5.91 Å². The van der Waals surface area contributed by atoms with Crippen LogP contribution < -0.4 is 21.1 Å². The summed E-state index contributed by atoms with van der Waals surface area (Å²) in [6.07, 6.45) is 0. The van der Waals surface area contributed by atoms with E-state index in [1.807, 2.05) is 31.2 Å². The molecule has 8 nitrogen and oxygen atoms in total. The Morgan fingerprint density at radius 1 is 1.25 bits per heavy atom. The number of anilines is 3. The van der Waals surface area contributed by atoms with Crippen molar-refractivity contribution in [3.8, 4) is 5.75 Å². The SMILES string of the molecule is CCOc1ccccc1Nc1nnc(SCC(=O)Nc2sccc2C(N)=O)s1. The van der Waals surface area contributed by atoms with Gasteiger partial charge < -0.3 is 21.1 Å². The van der Waals surface area contributed by atoms with Gasteiger partial charge in [0.2, 0.25) is 11.0 Å². The summed E-state index contributed by atoms with van der Waals surface area (Å²) in [6, 6.07) is 9.14. The van der Waals surface area contributed by atoms with Gasteiger partial charge in [-0.2, -0.15) is 0 Å². The predicted molar refractivity (Wildman–Crippen MR) is 113 cm³/mol. The molecule has 0 saturated carbocycles. The standard InChI is InChI=1S/C17H17N5O3S3/c1-2-25-12-6-4-3-5-11(12)19-16-21-22-17(28-16)27-9-13(23)20-15-10(14(18)24)7-8-26-15/h3-8H,2,9H2,1H3,(H2,18,24)(H,19,21)(H,20,23). The highest BCUT2D eigenvalue weighted by Crippen LogP contribution is 2.32. The van der Waals surface area contributed by atoms with Crippen LogP contribution in [0.25, 0.3) is 0 Å². The summed E-state index contributed by atoms with van der Waals surface area (Å²) in [7, 11) is 0. The van der Waals surface area contributed by atoms with Crippen LogP contribution in [0.1, 0.15) is 17.3 Å². The van der Waals surface area contributed by atoms with Crippen LogP contribution >= 0.6 is 34.4 Å². The average molecular weight is 436 g/mol. The Morgan fingerprint density at radius 3 is 2.86 bits per heavy atom. The van der Waals surface area contributed by atoms with Crippen LogP contribution in [-0.2, 0) is 4.79 Å². The number of thiophene rings is 1. The number of carbonyl (C=O) groups is 2. The van der Waals surface area contributed by atoms with Gasteiger partial charge in [-0.15, -0.1) is 21.5 Å². The van der Waals surface area contributed by atoms with Gasteiger partial charge in [0.1, 0.15) is 10.8 Å². The monoisotopic (exact) mass is 435 g/mol. The number of ether oxygens (including phenoxy) is 1. The second-order valence-corrected chi connectivity index (χ2v) is 8.41. The van der Waals surface area contributed by atoms with Crippen molar-refractivity contribution in [3.63, 3.8) is 0 Å². The number of primary amides is 1. The van der Waals surface area contributed by atoms with E-state index in [1.165, 1.54) is 34.4 Å². The maximum atomic E-state index is 12.1. The second kappa shape index (κ2) is 9.53. The van der Waals surface area contributed by atoms with Crippen molar-refractivity contribution in [2.45, 2.75) is 11.3 Å². The molecule has 0 radical (unpaired) electrons. The van der Waals surface area contributed by atoms with E-state index in [0.717, 1.165) is 11.4 Å². The fourth-order valence-corrected chi connectivity index (χ4v) is 4.55. The molecule has 0 aliphatic heterocycles. The summed E-state index contributed by atoms with van der Waals surface area (Å²) in [5, 5.41) is 16.8. The lowest BCUT2D eigenvalue weighted by atomic mass is 10.3. The van der Waals surface area contributed by atoms with Crippen molar-refractivity contribution in [1.29, 1.82) is 0 Å². The molecule has 0 saturated heterocycles. The van der Waals surface area contributed by atoms with Crippen molar-refractivity contribution in [2.24, 2.45) is 5.73 Å². The van der Waals surface area contributed by atoms with Gasteiger partial charge in [0.25, 0.3) is 5.91 Å². The highest BCUT2D eigenvalue weighted by atomic mass is 32.2. The highest BCUT2D eigenvalue weighted by molar-refractivity contribution is 8.01. The molecule has 4 N–H and O–H groups in total. The molecule has 2 amide bonds. The summed E-state index contributed by atoms with van der Waals surface area (Å²) in [5.41, 5.74) is 6.38. The van der Waals surface area contributed by atoms with Gasteiger partial charge in [0, 0.05) is 0 Å². The van der Waals surface area contributed by atoms with Crippen LogP contribution in [0.3, 0.4) is 0 Å². The number of aromatic nitrogens is 2. The number of nitrogens with zero attached hydrogens (tertiary/aromatic N) is 2. The molecule has 28 heavy (non-hydrogen) atoms. The maximum Gasteiger partial charge on any atom is 0.251 e. The molecule has 0 fully saturated rings. The number of amides is 2. The van der Waals surface area contributed by atoms with Crippen LogP contribution in [-0.4, -0.2) is 34.4 Å². The molecular weight excluding hydrogens is 418 g/mol. The van der Waals surface area contributed by atoms with E-state index in [9.17, 15) is 9.59 Å². The van der Waals surface area contributed by atoms with Crippen molar-refractivity contribution in [3.05, 3.63) is 41.3 Å². The Morgan fingerprint density at radius 2 is 2.07 bits per heavy atom. The Labute approximate surface area is 173 Å². The van der Waals surface area contributed by atoms with Crippen LogP contribution in [0.15, 0.2) is 40.1 Å². The number of hydrogen-bond acceptors (Lipinski definition) is 9. The number of benzene rings is 1. The summed E-state index contributed by atoms with van der Waals surface area (Å²) < 4.78 is 6.22. The Bertz CT molecular complexity index is 972. The first-order valence-electron chi connectivity index (χ1n) is 8.19. The minimum atomic E-state index is -0.573. The zero-order valence-electron chi connectivity index (χ0n) is 14.8. The lowest BCUT2D eigenvalue weighted by Gasteiger charge is -2.09. The van der Waals surface area contributed by atoms with Gasteiger partial charge in [-0.25, -0.2) is 0 Å².